The summed E-state index contributed by atoms with van der Waals surface area (Å²) in [4.78, 5) is 12.5. The molecule has 0 aliphatic rings. The van der Waals surface area contributed by atoms with Crippen molar-refractivity contribution in [2.45, 2.75) is 0 Å². The van der Waals surface area contributed by atoms with E-state index in [0.29, 0.717) is 5.39 Å². The van der Waals surface area contributed by atoms with E-state index in [0.717, 1.165) is 21.9 Å². The van der Waals surface area contributed by atoms with E-state index in [9.17, 15) is 4.79 Å². The third-order valence-electron chi connectivity index (χ3n) is 3.17. The second-order valence-corrected chi connectivity index (χ2v) is 4.17. The van der Waals surface area contributed by atoms with Crippen molar-refractivity contribution in [1.82, 2.24) is 0 Å². The highest BCUT2D eigenvalue weighted by Crippen LogP contribution is 2.24. The predicted molar refractivity (Wildman–Crippen MR) is 74.3 cm³/mol. The topological polar surface area (TPSA) is 26.3 Å². The van der Waals surface area contributed by atoms with E-state index in [1.165, 1.54) is 0 Å². The SMILES string of the molecule is COc1cccc2c(=O)c3ccccc3ccc12. The summed E-state index contributed by atoms with van der Waals surface area (Å²) < 4.78 is 5.31. The highest BCUT2D eigenvalue weighted by Gasteiger charge is 2.05. The van der Waals surface area contributed by atoms with E-state index in [4.69, 9.17) is 4.74 Å². The quantitative estimate of drug-likeness (QED) is 0.647. The van der Waals surface area contributed by atoms with Crippen LogP contribution in [0.5, 0.6) is 5.75 Å². The molecule has 0 radical (unpaired) electrons. The van der Waals surface area contributed by atoms with Gasteiger partial charge in [0.1, 0.15) is 5.75 Å². The lowest BCUT2D eigenvalue weighted by Gasteiger charge is -2.01. The molecule has 0 aliphatic carbocycles. The van der Waals surface area contributed by atoms with Gasteiger partial charge in [0.2, 0.25) is 0 Å². The van der Waals surface area contributed by atoms with Crippen LogP contribution >= 0.6 is 0 Å². The lowest BCUT2D eigenvalue weighted by atomic mass is 10.1. The molecule has 0 spiro atoms. The second-order valence-electron chi connectivity index (χ2n) is 4.17. The van der Waals surface area contributed by atoms with Crippen molar-refractivity contribution in [3.63, 3.8) is 0 Å². The van der Waals surface area contributed by atoms with Crippen LogP contribution in [-0.4, -0.2) is 7.11 Å². The zero-order valence-electron chi connectivity index (χ0n) is 10.0. The van der Waals surface area contributed by atoms with Crippen LogP contribution in [0.1, 0.15) is 0 Å². The first-order valence-electron chi connectivity index (χ1n) is 5.80. The largest absolute Gasteiger partial charge is 0.496 e. The Kier molecular flexibility index (Phi) is 2.49. The van der Waals surface area contributed by atoms with Gasteiger partial charge in [-0.2, -0.15) is 0 Å². The molecule has 0 saturated heterocycles. The molecule has 0 amide bonds. The summed E-state index contributed by atoms with van der Waals surface area (Å²) in [5, 5.41) is 3.22. The molecule has 0 aromatic heterocycles. The van der Waals surface area contributed by atoms with Crippen LogP contribution in [0.2, 0.25) is 0 Å². The molecule has 88 valence electrons. The Morgan fingerprint density at radius 1 is 0.778 bits per heavy atom. The lowest BCUT2D eigenvalue weighted by Crippen LogP contribution is -1.98. The van der Waals surface area contributed by atoms with Crippen LogP contribution in [0.3, 0.4) is 0 Å². The van der Waals surface area contributed by atoms with Crippen LogP contribution in [0, 0.1) is 0 Å². The molecule has 0 bridgehead atoms. The number of hydrogen-bond donors (Lipinski definition) is 0. The Morgan fingerprint density at radius 3 is 2.39 bits per heavy atom. The molecular formula is C16H12O2. The third kappa shape index (κ3) is 1.54. The van der Waals surface area contributed by atoms with Gasteiger partial charge in [0.05, 0.1) is 7.11 Å². The maximum atomic E-state index is 12.5. The smallest absolute Gasteiger partial charge is 0.194 e. The van der Waals surface area contributed by atoms with Crippen molar-refractivity contribution in [1.29, 1.82) is 0 Å². The highest BCUT2D eigenvalue weighted by molar-refractivity contribution is 5.95. The van der Waals surface area contributed by atoms with Gasteiger partial charge in [0.15, 0.2) is 5.43 Å². The van der Waals surface area contributed by atoms with E-state index in [1.807, 2.05) is 54.6 Å². The Labute approximate surface area is 104 Å². The fourth-order valence-electron chi connectivity index (χ4n) is 2.26. The average Bonchev–Trinajstić information content (AvgIpc) is 2.57. The van der Waals surface area contributed by atoms with Gasteiger partial charge in [0, 0.05) is 16.2 Å². The predicted octanol–water partition coefficient (Wildman–Crippen LogP) is 3.36. The maximum Gasteiger partial charge on any atom is 0.194 e. The van der Waals surface area contributed by atoms with Crippen molar-refractivity contribution in [2.75, 3.05) is 7.11 Å². The summed E-state index contributed by atoms with van der Waals surface area (Å²) in [6, 6.07) is 17.1. The van der Waals surface area contributed by atoms with E-state index >= 15 is 0 Å². The molecule has 0 fully saturated rings. The molecule has 18 heavy (non-hydrogen) atoms. The van der Waals surface area contributed by atoms with E-state index < -0.39 is 0 Å². The van der Waals surface area contributed by atoms with Crippen molar-refractivity contribution >= 4 is 21.5 Å². The summed E-state index contributed by atoms with van der Waals surface area (Å²) >= 11 is 0. The van der Waals surface area contributed by atoms with Crippen molar-refractivity contribution < 1.29 is 4.74 Å². The van der Waals surface area contributed by atoms with E-state index in [2.05, 4.69) is 0 Å². The Balaban J connectivity index is 2.62. The zero-order valence-corrected chi connectivity index (χ0v) is 10.0. The standard InChI is InChI=1S/C16H12O2/c1-18-15-8-4-7-14-13(15)10-9-11-5-2-3-6-12(11)16(14)17/h2-10H,1H3. The second kappa shape index (κ2) is 4.15. The van der Waals surface area contributed by atoms with Crippen LogP contribution in [-0.2, 0) is 0 Å². The van der Waals surface area contributed by atoms with Gasteiger partial charge in [-0.15, -0.1) is 0 Å². The first-order valence-corrected chi connectivity index (χ1v) is 5.80. The normalized spacial score (nSPS) is 10.7. The summed E-state index contributed by atoms with van der Waals surface area (Å²) in [5.74, 6) is 0.727. The molecule has 3 rings (SSSR count). The molecule has 0 atom stereocenters. The van der Waals surface area contributed by atoms with Crippen molar-refractivity contribution in [2.24, 2.45) is 0 Å². The van der Waals surface area contributed by atoms with Gasteiger partial charge in [-0.25, -0.2) is 0 Å². The third-order valence-corrected chi connectivity index (χ3v) is 3.17. The average molecular weight is 236 g/mol. The van der Waals surface area contributed by atoms with E-state index in [1.54, 1.807) is 7.11 Å². The maximum absolute atomic E-state index is 12.5. The van der Waals surface area contributed by atoms with Gasteiger partial charge in [-0.05, 0) is 17.5 Å². The number of rotatable bonds is 1. The molecule has 0 saturated carbocycles. The van der Waals surface area contributed by atoms with Gasteiger partial charge in [-0.1, -0.05) is 42.5 Å². The number of hydrogen-bond acceptors (Lipinski definition) is 2. The number of ether oxygens (including phenoxy) is 1. The van der Waals surface area contributed by atoms with E-state index in [-0.39, 0.29) is 5.43 Å². The van der Waals surface area contributed by atoms with Crippen LogP contribution in [0.15, 0.2) is 59.4 Å². The number of methoxy groups -OCH3 is 1. The fraction of sp³-hybridized carbons (Fsp3) is 0.0625. The Morgan fingerprint density at radius 2 is 1.56 bits per heavy atom. The fourth-order valence-corrected chi connectivity index (χ4v) is 2.26. The van der Waals surface area contributed by atoms with Crippen molar-refractivity contribution in [3.05, 3.63) is 64.8 Å². The molecule has 2 nitrogen and oxygen atoms in total. The molecule has 2 heteroatoms. The minimum atomic E-state index is 0.0458. The Bertz CT molecular complexity index is 791. The van der Waals surface area contributed by atoms with Crippen LogP contribution < -0.4 is 10.2 Å². The first kappa shape index (κ1) is 10.8. The lowest BCUT2D eigenvalue weighted by molar-refractivity contribution is 0.420. The minimum absolute atomic E-state index is 0.0458. The zero-order chi connectivity index (χ0) is 12.5. The number of fused-ring (bicyclic) bond motifs is 2. The Hall–Kier alpha value is -2.35. The summed E-state index contributed by atoms with van der Waals surface area (Å²) in [5.41, 5.74) is 0.0458. The van der Waals surface area contributed by atoms with Crippen LogP contribution in [0.25, 0.3) is 21.5 Å². The van der Waals surface area contributed by atoms with Gasteiger partial charge in [0.25, 0.3) is 0 Å². The molecule has 3 aromatic rings. The minimum Gasteiger partial charge on any atom is -0.496 e. The summed E-state index contributed by atoms with van der Waals surface area (Å²) in [6.45, 7) is 0. The summed E-state index contributed by atoms with van der Waals surface area (Å²) in [7, 11) is 1.62. The first-order chi connectivity index (χ1) is 8.81. The molecule has 3 aromatic carbocycles. The van der Waals surface area contributed by atoms with Gasteiger partial charge < -0.3 is 4.74 Å². The molecule has 0 heterocycles. The van der Waals surface area contributed by atoms with Gasteiger partial charge in [-0.3, -0.25) is 4.79 Å². The van der Waals surface area contributed by atoms with Crippen molar-refractivity contribution in [3.8, 4) is 5.75 Å². The number of benzene rings is 2. The molecule has 0 N–H and O–H groups in total. The molecular weight excluding hydrogens is 224 g/mol. The molecule has 0 unspecified atom stereocenters. The molecule has 0 aliphatic heterocycles. The highest BCUT2D eigenvalue weighted by atomic mass is 16.5. The van der Waals surface area contributed by atoms with Gasteiger partial charge >= 0.3 is 0 Å². The summed E-state index contributed by atoms with van der Waals surface area (Å²) in [6.07, 6.45) is 0. The van der Waals surface area contributed by atoms with Crippen LogP contribution in [0.4, 0.5) is 0 Å². The monoisotopic (exact) mass is 236 g/mol.